The third-order valence-corrected chi connectivity index (χ3v) is 2.96. The Labute approximate surface area is 101 Å². The molecule has 0 aliphatic carbocycles. The number of hydrogen-bond donors (Lipinski definition) is 1. The van der Waals surface area contributed by atoms with E-state index in [1.54, 1.807) is 0 Å². The average molecular weight is 242 g/mol. The fraction of sp³-hybridized carbons (Fsp3) is 0.500. The minimum Gasteiger partial charge on any atom is -0.486 e. The largest absolute Gasteiger partial charge is 0.486 e. The number of benzene rings is 1. The Kier molecular flexibility index (Phi) is 3.56. The molecule has 0 radical (unpaired) electrons. The monoisotopic (exact) mass is 241 g/mol. The molecule has 0 unspecified atom stereocenters. The van der Waals surface area contributed by atoms with Gasteiger partial charge in [-0.25, -0.2) is 0 Å². The third-order valence-electron chi connectivity index (χ3n) is 2.68. The van der Waals surface area contributed by atoms with Crippen LogP contribution in [0.2, 0.25) is 5.02 Å². The van der Waals surface area contributed by atoms with Gasteiger partial charge in [-0.05, 0) is 25.1 Å². The first kappa shape index (κ1) is 11.6. The lowest BCUT2D eigenvalue weighted by atomic mass is 10.0. The van der Waals surface area contributed by atoms with Gasteiger partial charge in [0.1, 0.15) is 13.2 Å². The molecule has 88 valence electrons. The van der Waals surface area contributed by atoms with Crippen LogP contribution in [-0.2, 0) is 13.0 Å². The van der Waals surface area contributed by atoms with E-state index in [4.69, 9.17) is 21.1 Å². The molecule has 1 N–H and O–H groups in total. The second-order valence-electron chi connectivity index (χ2n) is 3.74. The standard InChI is InChI=1S/C12H16ClNO2/c1-3-9-8(7-14-2)6-10(13)12-11(9)15-4-5-16-12/h6,14H,3-5,7H2,1-2H3. The molecule has 1 aliphatic rings. The van der Waals surface area contributed by atoms with Gasteiger partial charge in [-0.15, -0.1) is 0 Å². The Morgan fingerprint density at radius 3 is 2.62 bits per heavy atom. The predicted octanol–water partition coefficient (Wildman–Crippen LogP) is 2.39. The van der Waals surface area contributed by atoms with Crippen LogP contribution >= 0.6 is 11.6 Å². The lowest BCUT2D eigenvalue weighted by Gasteiger charge is -2.24. The van der Waals surface area contributed by atoms with Crippen LogP contribution in [0, 0.1) is 0 Å². The van der Waals surface area contributed by atoms with Gasteiger partial charge in [-0.2, -0.15) is 0 Å². The second-order valence-corrected chi connectivity index (χ2v) is 4.14. The first-order chi connectivity index (χ1) is 7.77. The van der Waals surface area contributed by atoms with Crippen molar-refractivity contribution in [2.24, 2.45) is 0 Å². The quantitative estimate of drug-likeness (QED) is 0.882. The maximum absolute atomic E-state index is 6.18. The van der Waals surface area contributed by atoms with E-state index in [1.807, 2.05) is 13.1 Å². The van der Waals surface area contributed by atoms with Crippen molar-refractivity contribution in [1.82, 2.24) is 5.32 Å². The predicted molar refractivity (Wildman–Crippen MR) is 64.6 cm³/mol. The molecule has 0 atom stereocenters. The molecular formula is C12H16ClNO2. The Morgan fingerprint density at radius 2 is 2.00 bits per heavy atom. The van der Waals surface area contributed by atoms with Gasteiger partial charge in [-0.1, -0.05) is 18.5 Å². The van der Waals surface area contributed by atoms with Gasteiger partial charge in [-0.3, -0.25) is 0 Å². The maximum Gasteiger partial charge on any atom is 0.180 e. The van der Waals surface area contributed by atoms with Crippen molar-refractivity contribution < 1.29 is 9.47 Å². The molecule has 2 rings (SSSR count). The van der Waals surface area contributed by atoms with E-state index in [9.17, 15) is 0 Å². The van der Waals surface area contributed by atoms with Gasteiger partial charge in [0.15, 0.2) is 11.5 Å². The molecule has 16 heavy (non-hydrogen) atoms. The molecule has 4 heteroatoms. The van der Waals surface area contributed by atoms with Crippen LogP contribution in [-0.4, -0.2) is 20.3 Å². The Hall–Kier alpha value is -0.930. The molecule has 3 nitrogen and oxygen atoms in total. The van der Waals surface area contributed by atoms with Gasteiger partial charge in [0, 0.05) is 12.1 Å². The summed E-state index contributed by atoms with van der Waals surface area (Å²) < 4.78 is 11.2. The summed E-state index contributed by atoms with van der Waals surface area (Å²) in [6.45, 7) is 4.07. The van der Waals surface area contributed by atoms with Gasteiger partial charge < -0.3 is 14.8 Å². The highest BCUT2D eigenvalue weighted by molar-refractivity contribution is 6.32. The minimum absolute atomic E-state index is 0.571. The molecule has 0 aromatic heterocycles. The SMILES string of the molecule is CCc1c(CNC)cc(Cl)c2c1OCCO2. The number of ether oxygens (including phenoxy) is 2. The highest BCUT2D eigenvalue weighted by atomic mass is 35.5. The number of hydrogen-bond acceptors (Lipinski definition) is 3. The van der Waals surface area contributed by atoms with Crippen LogP contribution in [0.5, 0.6) is 11.5 Å². The van der Waals surface area contributed by atoms with E-state index < -0.39 is 0 Å². The van der Waals surface area contributed by atoms with Crippen molar-refractivity contribution in [3.05, 3.63) is 22.2 Å². The van der Waals surface area contributed by atoms with E-state index in [2.05, 4.69) is 12.2 Å². The van der Waals surface area contributed by atoms with E-state index in [0.29, 0.717) is 24.0 Å². The van der Waals surface area contributed by atoms with E-state index in [-0.39, 0.29) is 0 Å². The Bertz CT molecular complexity index is 393. The van der Waals surface area contributed by atoms with Crippen LogP contribution in [0.4, 0.5) is 0 Å². The summed E-state index contributed by atoms with van der Waals surface area (Å²) in [5.74, 6) is 1.52. The highest BCUT2D eigenvalue weighted by Crippen LogP contribution is 2.42. The van der Waals surface area contributed by atoms with Gasteiger partial charge >= 0.3 is 0 Å². The molecule has 1 heterocycles. The molecule has 0 saturated carbocycles. The molecular weight excluding hydrogens is 226 g/mol. The molecule has 1 aromatic carbocycles. The number of nitrogens with one attached hydrogen (secondary N) is 1. The maximum atomic E-state index is 6.18. The summed E-state index contributed by atoms with van der Waals surface area (Å²) >= 11 is 6.18. The first-order valence-electron chi connectivity index (χ1n) is 5.52. The molecule has 0 saturated heterocycles. The zero-order valence-corrected chi connectivity index (χ0v) is 10.4. The second kappa shape index (κ2) is 4.93. The number of rotatable bonds is 3. The van der Waals surface area contributed by atoms with E-state index in [1.165, 1.54) is 11.1 Å². The summed E-state index contributed by atoms with van der Waals surface area (Å²) in [6, 6.07) is 1.96. The van der Waals surface area contributed by atoms with E-state index in [0.717, 1.165) is 18.7 Å². The minimum atomic E-state index is 0.571. The van der Waals surface area contributed by atoms with Crippen molar-refractivity contribution in [1.29, 1.82) is 0 Å². The lowest BCUT2D eigenvalue weighted by molar-refractivity contribution is 0.170. The zero-order valence-electron chi connectivity index (χ0n) is 9.60. The topological polar surface area (TPSA) is 30.5 Å². The Balaban J connectivity index is 2.52. The average Bonchev–Trinajstić information content (AvgIpc) is 2.30. The van der Waals surface area contributed by atoms with Crippen molar-refractivity contribution in [2.75, 3.05) is 20.3 Å². The van der Waals surface area contributed by atoms with Crippen molar-refractivity contribution in [3.8, 4) is 11.5 Å². The molecule has 1 aliphatic heterocycles. The van der Waals surface area contributed by atoms with Crippen LogP contribution in [0.25, 0.3) is 0 Å². The van der Waals surface area contributed by atoms with Gasteiger partial charge in [0.2, 0.25) is 0 Å². The van der Waals surface area contributed by atoms with Crippen molar-refractivity contribution in [3.63, 3.8) is 0 Å². The molecule has 1 aromatic rings. The fourth-order valence-electron chi connectivity index (χ4n) is 2.01. The van der Waals surface area contributed by atoms with Gasteiger partial charge in [0.25, 0.3) is 0 Å². The summed E-state index contributed by atoms with van der Waals surface area (Å²) in [6.07, 6.45) is 0.917. The van der Waals surface area contributed by atoms with Crippen LogP contribution < -0.4 is 14.8 Å². The first-order valence-corrected chi connectivity index (χ1v) is 5.90. The number of halogens is 1. The molecule has 0 spiro atoms. The smallest absolute Gasteiger partial charge is 0.180 e. The Morgan fingerprint density at radius 1 is 1.31 bits per heavy atom. The lowest BCUT2D eigenvalue weighted by Crippen LogP contribution is -2.18. The normalized spacial score (nSPS) is 13.9. The highest BCUT2D eigenvalue weighted by Gasteiger charge is 2.21. The van der Waals surface area contributed by atoms with Crippen LogP contribution in [0.3, 0.4) is 0 Å². The van der Waals surface area contributed by atoms with Gasteiger partial charge in [0.05, 0.1) is 5.02 Å². The number of fused-ring (bicyclic) bond motifs is 1. The summed E-state index contributed by atoms with van der Waals surface area (Å²) in [4.78, 5) is 0. The van der Waals surface area contributed by atoms with E-state index >= 15 is 0 Å². The molecule has 0 bridgehead atoms. The third kappa shape index (κ3) is 1.97. The summed E-state index contributed by atoms with van der Waals surface area (Å²) in [5.41, 5.74) is 2.37. The zero-order chi connectivity index (χ0) is 11.5. The molecule has 0 fully saturated rings. The molecule has 0 amide bonds. The van der Waals surface area contributed by atoms with Crippen LogP contribution in [0.15, 0.2) is 6.07 Å². The summed E-state index contributed by atoms with van der Waals surface area (Å²) in [7, 11) is 1.92. The fourth-order valence-corrected chi connectivity index (χ4v) is 2.28. The van der Waals surface area contributed by atoms with Crippen molar-refractivity contribution in [2.45, 2.75) is 19.9 Å². The van der Waals surface area contributed by atoms with Crippen molar-refractivity contribution >= 4 is 11.6 Å². The van der Waals surface area contributed by atoms with Crippen LogP contribution in [0.1, 0.15) is 18.1 Å². The summed E-state index contributed by atoms with van der Waals surface area (Å²) in [5, 5.41) is 3.77.